The molecule has 1 heterocycles. The highest BCUT2D eigenvalue weighted by molar-refractivity contribution is 6.00. The molecule has 0 bridgehead atoms. The Morgan fingerprint density at radius 1 is 1.06 bits per heavy atom. The van der Waals surface area contributed by atoms with Gasteiger partial charge in [-0.15, -0.1) is 0 Å². The monoisotopic (exact) mass is 411 g/mol. The number of anilines is 2. The van der Waals surface area contributed by atoms with Crippen molar-refractivity contribution in [1.29, 1.82) is 0 Å². The molecule has 0 fully saturated rings. The summed E-state index contributed by atoms with van der Waals surface area (Å²) in [4.78, 5) is 4.63. The zero-order valence-corrected chi connectivity index (χ0v) is 17.6. The lowest BCUT2D eigenvalue weighted by atomic mass is 9.99. The van der Waals surface area contributed by atoms with Crippen molar-refractivity contribution < 1.29 is 9.84 Å². The number of fused-ring (bicyclic) bond motifs is 1. The number of phenolic OH excluding ortho intramolecular Hbond substituents is 1. The van der Waals surface area contributed by atoms with Crippen LogP contribution >= 0.6 is 0 Å². The van der Waals surface area contributed by atoms with Crippen molar-refractivity contribution >= 4 is 27.9 Å². The third-order valence-corrected chi connectivity index (χ3v) is 5.25. The number of rotatable bonds is 6. The van der Waals surface area contributed by atoms with E-state index < -0.39 is 0 Å². The van der Waals surface area contributed by atoms with Gasteiger partial charge in [0.05, 0.1) is 18.3 Å². The SMILES string of the molecule is C=C(C)c1cnc2ccc(-c3cc(O)cc(OC)c3)cc2c1Nc1ccc(CN)cc1. The Hall–Kier alpha value is -3.83. The van der Waals surface area contributed by atoms with Crippen molar-refractivity contribution in [1.82, 2.24) is 4.98 Å². The standard InChI is InChI=1S/C26H25N3O2/c1-16(2)24-15-28-25-9-6-18(19-10-21(30)13-22(11-19)31-3)12-23(25)26(24)29-20-7-4-17(14-27)5-8-20/h4-13,15,30H,1,14,27H2,2-3H3,(H,28,29). The molecular formula is C26H25N3O2. The van der Waals surface area contributed by atoms with Crippen LogP contribution in [0.15, 0.2) is 73.4 Å². The molecule has 4 N–H and O–H groups in total. The Balaban J connectivity index is 1.87. The second-order valence-electron chi connectivity index (χ2n) is 7.50. The summed E-state index contributed by atoms with van der Waals surface area (Å²) >= 11 is 0. The first-order valence-corrected chi connectivity index (χ1v) is 10.0. The van der Waals surface area contributed by atoms with Gasteiger partial charge in [-0.2, -0.15) is 0 Å². The molecule has 0 saturated carbocycles. The predicted molar refractivity (Wildman–Crippen MR) is 128 cm³/mol. The molecule has 0 aliphatic rings. The molecule has 0 aliphatic heterocycles. The Morgan fingerprint density at radius 2 is 1.84 bits per heavy atom. The first-order chi connectivity index (χ1) is 15.0. The number of ether oxygens (including phenoxy) is 1. The molecule has 0 spiro atoms. The molecule has 4 aromatic rings. The second kappa shape index (κ2) is 8.50. The Bertz CT molecular complexity index is 1260. The predicted octanol–water partition coefficient (Wildman–Crippen LogP) is 5.85. The molecule has 3 aromatic carbocycles. The maximum absolute atomic E-state index is 10.1. The number of allylic oxidation sites excluding steroid dienone is 1. The summed E-state index contributed by atoms with van der Waals surface area (Å²) in [6, 6.07) is 19.3. The molecule has 5 heteroatoms. The molecule has 0 atom stereocenters. The van der Waals surface area contributed by atoms with Crippen LogP contribution in [0.25, 0.3) is 27.6 Å². The minimum atomic E-state index is 0.154. The lowest BCUT2D eigenvalue weighted by Crippen LogP contribution is -1.99. The lowest BCUT2D eigenvalue weighted by molar-refractivity contribution is 0.408. The van der Waals surface area contributed by atoms with Gasteiger partial charge in [-0.1, -0.05) is 24.8 Å². The van der Waals surface area contributed by atoms with E-state index in [1.54, 1.807) is 19.2 Å². The van der Waals surface area contributed by atoms with Gasteiger partial charge in [-0.3, -0.25) is 4.98 Å². The number of benzene rings is 3. The van der Waals surface area contributed by atoms with Gasteiger partial charge in [0.1, 0.15) is 11.5 Å². The summed E-state index contributed by atoms with van der Waals surface area (Å²) in [5.41, 5.74) is 13.2. The number of nitrogens with two attached hydrogens (primary N) is 1. The van der Waals surface area contributed by atoms with Gasteiger partial charge in [0.15, 0.2) is 0 Å². The Labute approximate surface area is 181 Å². The summed E-state index contributed by atoms with van der Waals surface area (Å²) < 4.78 is 5.31. The van der Waals surface area contributed by atoms with Crippen LogP contribution in [0.2, 0.25) is 0 Å². The number of aromatic hydroxyl groups is 1. The average molecular weight is 412 g/mol. The minimum Gasteiger partial charge on any atom is -0.508 e. The summed E-state index contributed by atoms with van der Waals surface area (Å²) in [5.74, 6) is 0.754. The summed E-state index contributed by atoms with van der Waals surface area (Å²) in [7, 11) is 1.58. The van der Waals surface area contributed by atoms with E-state index >= 15 is 0 Å². The number of nitrogens with one attached hydrogen (secondary N) is 1. The van der Waals surface area contributed by atoms with Gasteiger partial charge in [0, 0.05) is 35.4 Å². The maximum atomic E-state index is 10.1. The van der Waals surface area contributed by atoms with Crippen molar-refractivity contribution in [2.45, 2.75) is 13.5 Å². The molecular weight excluding hydrogens is 386 g/mol. The fraction of sp³-hybridized carbons (Fsp3) is 0.115. The van der Waals surface area contributed by atoms with Crippen LogP contribution in [0, 0.1) is 0 Å². The first kappa shape index (κ1) is 20.4. The zero-order valence-electron chi connectivity index (χ0n) is 17.6. The molecule has 5 nitrogen and oxygen atoms in total. The van der Waals surface area contributed by atoms with E-state index in [2.05, 4.69) is 22.9 Å². The van der Waals surface area contributed by atoms with E-state index in [0.29, 0.717) is 12.3 Å². The largest absolute Gasteiger partial charge is 0.508 e. The van der Waals surface area contributed by atoms with E-state index in [4.69, 9.17) is 10.5 Å². The van der Waals surface area contributed by atoms with Crippen LogP contribution in [0.5, 0.6) is 11.5 Å². The molecule has 0 aliphatic carbocycles. The highest BCUT2D eigenvalue weighted by Gasteiger charge is 2.12. The van der Waals surface area contributed by atoms with Gasteiger partial charge in [0.25, 0.3) is 0 Å². The zero-order chi connectivity index (χ0) is 22.0. The Morgan fingerprint density at radius 3 is 2.52 bits per heavy atom. The number of hydrogen-bond acceptors (Lipinski definition) is 5. The van der Waals surface area contributed by atoms with Crippen molar-refractivity contribution in [3.63, 3.8) is 0 Å². The number of aromatic nitrogens is 1. The third kappa shape index (κ3) is 4.22. The topological polar surface area (TPSA) is 80.4 Å². The van der Waals surface area contributed by atoms with Crippen LogP contribution < -0.4 is 15.8 Å². The van der Waals surface area contributed by atoms with E-state index in [1.165, 1.54) is 0 Å². The van der Waals surface area contributed by atoms with Gasteiger partial charge < -0.3 is 20.9 Å². The van der Waals surface area contributed by atoms with E-state index in [0.717, 1.165) is 50.1 Å². The molecule has 0 amide bonds. The van der Waals surface area contributed by atoms with E-state index in [1.807, 2.05) is 55.6 Å². The van der Waals surface area contributed by atoms with Crippen LogP contribution in [0.1, 0.15) is 18.1 Å². The lowest BCUT2D eigenvalue weighted by Gasteiger charge is -2.16. The third-order valence-electron chi connectivity index (χ3n) is 5.25. The molecule has 4 rings (SSSR count). The molecule has 156 valence electrons. The fourth-order valence-corrected chi connectivity index (χ4v) is 3.57. The van der Waals surface area contributed by atoms with E-state index in [-0.39, 0.29) is 5.75 Å². The average Bonchev–Trinajstić information content (AvgIpc) is 2.78. The minimum absolute atomic E-state index is 0.154. The quantitative estimate of drug-likeness (QED) is 0.371. The molecule has 31 heavy (non-hydrogen) atoms. The summed E-state index contributed by atoms with van der Waals surface area (Å²) in [6.07, 6.45) is 1.85. The molecule has 0 unspecified atom stereocenters. The molecule has 1 aromatic heterocycles. The first-order valence-electron chi connectivity index (χ1n) is 10.0. The van der Waals surface area contributed by atoms with Gasteiger partial charge in [-0.25, -0.2) is 0 Å². The smallest absolute Gasteiger partial charge is 0.123 e. The number of pyridine rings is 1. The number of methoxy groups -OCH3 is 1. The van der Waals surface area contributed by atoms with Crippen molar-refractivity contribution in [3.8, 4) is 22.6 Å². The normalized spacial score (nSPS) is 10.8. The van der Waals surface area contributed by atoms with Crippen molar-refractivity contribution in [2.75, 3.05) is 12.4 Å². The van der Waals surface area contributed by atoms with Crippen LogP contribution in [0.4, 0.5) is 11.4 Å². The van der Waals surface area contributed by atoms with Crippen LogP contribution in [-0.4, -0.2) is 17.2 Å². The summed E-state index contributed by atoms with van der Waals surface area (Å²) in [5, 5.41) is 14.6. The highest BCUT2D eigenvalue weighted by atomic mass is 16.5. The maximum Gasteiger partial charge on any atom is 0.123 e. The number of nitrogens with zero attached hydrogens (tertiary/aromatic N) is 1. The van der Waals surface area contributed by atoms with Crippen molar-refractivity contribution in [2.24, 2.45) is 5.73 Å². The van der Waals surface area contributed by atoms with Gasteiger partial charge in [-0.05, 0) is 65.6 Å². The van der Waals surface area contributed by atoms with Gasteiger partial charge in [0.2, 0.25) is 0 Å². The fourth-order valence-electron chi connectivity index (χ4n) is 3.57. The second-order valence-corrected chi connectivity index (χ2v) is 7.50. The number of phenols is 1. The van der Waals surface area contributed by atoms with E-state index in [9.17, 15) is 5.11 Å². The highest BCUT2D eigenvalue weighted by Crippen LogP contribution is 2.36. The van der Waals surface area contributed by atoms with Crippen LogP contribution in [-0.2, 0) is 6.54 Å². The Kier molecular flexibility index (Phi) is 5.60. The van der Waals surface area contributed by atoms with Crippen molar-refractivity contribution in [3.05, 3.63) is 84.6 Å². The molecule has 0 radical (unpaired) electrons. The summed E-state index contributed by atoms with van der Waals surface area (Å²) in [6.45, 7) is 6.60. The molecule has 0 saturated heterocycles. The van der Waals surface area contributed by atoms with Gasteiger partial charge >= 0.3 is 0 Å². The number of hydrogen-bond donors (Lipinski definition) is 3. The van der Waals surface area contributed by atoms with Crippen LogP contribution in [0.3, 0.4) is 0 Å².